The molecule has 2 N–H and O–H groups in total. The number of carboxylic acids is 1. The number of aromatic nitrogens is 1. The van der Waals surface area contributed by atoms with Crippen molar-refractivity contribution in [1.82, 2.24) is 4.98 Å². The SMILES string of the molecule is Cc1csc(C(=O)O)c1NC(=O)Cc1cccnc1. The van der Waals surface area contributed by atoms with E-state index in [-0.39, 0.29) is 17.2 Å². The van der Waals surface area contributed by atoms with E-state index in [1.165, 1.54) is 0 Å². The van der Waals surface area contributed by atoms with Gasteiger partial charge in [0, 0.05) is 12.4 Å². The summed E-state index contributed by atoms with van der Waals surface area (Å²) in [5.41, 5.74) is 1.91. The number of rotatable bonds is 4. The molecule has 6 heteroatoms. The molecule has 0 radical (unpaired) electrons. The third kappa shape index (κ3) is 3.17. The van der Waals surface area contributed by atoms with Gasteiger partial charge in [-0.05, 0) is 29.5 Å². The molecule has 0 saturated heterocycles. The molecule has 0 aliphatic carbocycles. The predicted molar refractivity (Wildman–Crippen MR) is 72.6 cm³/mol. The molecule has 0 atom stereocenters. The van der Waals surface area contributed by atoms with Crippen LogP contribution in [0, 0.1) is 6.92 Å². The van der Waals surface area contributed by atoms with Crippen molar-refractivity contribution in [2.45, 2.75) is 13.3 Å². The van der Waals surface area contributed by atoms with E-state index >= 15 is 0 Å². The van der Waals surface area contributed by atoms with Gasteiger partial charge in [0.1, 0.15) is 4.88 Å². The summed E-state index contributed by atoms with van der Waals surface area (Å²) in [5.74, 6) is -1.29. The van der Waals surface area contributed by atoms with Crippen molar-refractivity contribution in [2.24, 2.45) is 0 Å². The molecule has 0 aromatic carbocycles. The Balaban J connectivity index is 2.11. The second kappa shape index (κ2) is 5.62. The van der Waals surface area contributed by atoms with Crippen molar-refractivity contribution in [3.05, 3.63) is 45.9 Å². The Morgan fingerprint density at radius 2 is 2.26 bits per heavy atom. The molecule has 0 saturated carbocycles. The van der Waals surface area contributed by atoms with Crippen molar-refractivity contribution in [3.63, 3.8) is 0 Å². The quantitative estimate of drug-likeness (QED) is 0.898. The summed E-state index contributed by atoms with van der Waals surface area (Å²) in [6.45, 7) is 1.77. The normalized spacial score (nSPS) is 10.2. The van der Waals surface area contributed by atoms with Crippen LogP contribution in [0.25, 0.3) is 0 Å². The predicted octanol–water partition coefficient (Wildman–Crippen LogP) is 2.33. The lowest BCUT2D eigenvalue weighted by Gasteiger charge is -2.06. The first kappa shape index (κ1) is 13.2. The number of nitrogens with zero attached hydrogens (tertiary/aromatic N) is 1. The average molecular weight is 276 g/mol. The van der Waals surface area contributed by atoms with Gasteiger partial charge in [-0.15, -0.1) is 11.3 Å². The summed E-state index contributed by atoms with van der Waals surface area (Å²) < 4.78 is 0. The first-order valence-corrected chi connectivity index (χ1v) is 6.46. The zero-order chi connectivity index (χ0) is 13.8. The lowest BCUT2D eigenvalue weighted by Crippen LogP contribution is -2.16. The molecular weight excluding hydrogens is 264 g/mol. The summed E-state index contributed by atoms with van der Waals surface area (Å²) in [4.78, 5) is 27.0. The van der Waals surface area contributed by atoms with E-state index in [4.69, 9.17) is 5.11 Å². The first-order valence-electron chi connectivity index (χ1n) is 5.58. The van der Waals surface area contributed by atoms with Gasteiger partial charge < -0.3 is 10.4 Å². The second-order valence-corrected chi connectivity index (χ2v) is 4.89. The van der Waals surface area contributed by atoms with Crippen LogP contribution in [-0.2, 0) is 11.2 Å². The molecule has 2 heterocycles. The molecule has 0 aliphatic rings. The van der Waals surface area contributed by atoms with Crippen LogP contribution in [0.2, 0.25) is 0 Å². The Hall–Kier alpha value is -2.21. The molecule has 0 aliphatic heterocycles. The number of carbonyl (C=O) groups is 2. The van der Waals surface area contributed by atoms with Gasteiger partial charge in [0.2, 0.25) is 5.91 Å². The van der Waals surface area contributed by atoms with E-state index in [9.17, 15) is 9.59 Å². The van der Waals surface area contributed by atoms with Gasteiger partial charge in [-0.3, -0.25) is 9.78 Å². The van der Waals surface area contributed by atoms with Gasteiger partial charge in [0.05, 0.1) is 12.1 Å². The van der Waals surface area contributed by atoms with Gasteiger partial charge >= 0.3 is 5.97 Å². The van der Waals surface area contributed by atoms with E-state index in [0.717, 1.165) is 22.5 Å². The number of hydrogen-bond donors (Lipinski definition) is 2. The monoisotopic (exact) mass is 276 g/mol. The van der Waals surface area contributed by atoms with Gasteiger partial charge in [-0.1, -0.05) is 6.07 Å². The molecule has 98 valence electrons. The zero-order valence-corrected chi connectivity index (χ0v) is 11.0. The lowest BCUT2D eigenvalue weighted by molar-refractivity contribution is -0.115. The Morgan fingerprint density at radius 1 is 1.47 bits per heavy atom. The number of anilines is 1. The second-order valence-electron chi connectivity index (χ2n) is 4.01. The van der Waals surface area contributed by atoms with Crippen molar-refractivity contribution in [1.29, 1.82) is 0 Å². The number of aromatic carboxylic acids is 1. The maximum Gasteiger partial charge on any atom is 0.348 e. The minimum absolute atomic E-state index is 0.150. The largest absolute Gasteiger partial charge is 0.477 e. The van der Waals surface area contributed by atoms with Crippen LogP contribution in [0.1, 0.15) is 20.8 Å². The lowest BCUT2D eigenvalue weighted by atomic mass is 10.2. The van der Waals surface area contributed by atoms with E-state index in [1.54, 1.807) is 36.8 Å². The molecule has 2 aromatic rings. The summed E-state index contributed by atoms with van der Waals surface area (Å²) in [6, 6.07) is 3.55. The van der Waals surface area contributed by atoms with Crippen LogP contribution in [0.4, 0.5) is 5.69 Å². The molecule has 0 spiro atoms. The number of carboxylic acid groups (broad SMARTS) is 1. The summed E-state index contributed by atoms with van der Waals surface area (Å²) in [5, 5.41) is 13.4. The Labute approximate surface area is 113 Å². The molecule has 0 unspecified atom stereocenters. The number of carbonyl (C=O) groups excluding carboxylic acids is 1. The number of aryl methyl sites for hydroxylation is 1. The summed E-state index contributed by atoms with van der Waals surface area (Å²) >= 11 is 1.11. The standard InChI is InChI=1S/C13H12N2O3S/c1-8-7-19-12(13(17)18)11(8)15-10(16)5-9-3-2-4-14-6-9/h2-4,6-7H,5H2,1H3,(H,15,16)(H,17,18). The number of amides is 1. The van der Waals surface area contributed by atoms with Crippen LogP contribution >= 0.6 is 11.3 Å². The zero-order valence-electron chi connectivity index (χ0n) is 10.2. The van der Waals surface area contributed by atoms with Crippen molar-refractivity contribution >= 4 is 28.9 Å². The third-order valence-corrected chi connectivity index (χ3v) is 3.61. The van der Waals surface area contributed by atoms with Gasteiger partial charge in [-0.25, -0.2) is 4.79 Å². The minimum atomic E-state index is -1.03. The van der Waals surface area contributed by atoms with E-state index < -0.39 is 5.97 Å². The average Bonchev–Trinajstić information content (AvgIpc) is 2.72. The highest BCUT2D eigenvalue weighted by molar-refractivity contribution is 7.12. The maximum atomic E-state index is 11.9. The fourth-order valence-electron chi connectivity index (χ4n) is 1.63. The molecule has 2 aromatic heterocycles. The highest BCUT2D eigenvalue weighted by Crippen LogP contribution is 2.27. The van der Waals surface area contributed by atoms with E-state index in [1.807, 2.05) is 0 Å². The highest BCUT2D eigenvalue weighted by atomic mass is 32.1. The summed E-state index contributed by atoms with van der Waals surface area (Å²) in [6.07, 6.45) is 3.41. The molecular formula is C13H12N2O3S. The molecule has 0 fully saturated rings. The van der Waals surface area contributed by atoms with Crippen molar-refractivity contribution in [2.75, 3.05) is 5.32 Å². The first-order chi connectivity index (χ1) is 9.08. The van der Waals surface area contributed by atoms with Crippen molar-refractivity contribution < 1.29 is 14.7 Å². The highest BCUT2D eigenvalue weighted by Gasteiger charge is 2.17. The Bertz CT molecular complexity index is 608. The van der Waals surface area contributed by atoms with E-state index in [2.05, 4.69) is 10.3 Å². The van der Waals surface area contributed by atoms with E-state index in [0.29, 0.717) is 5.69 Å². The molecule has 2 rings (SSSR count). The Morgan fingerprint density at radius 3 is 2.89 bits per heavy atom. The molecule has 1 amide bonds. The molecule has 19 heavy (non-hydrogen) atoms. The van der Waals surface area contributed by atoms with Crippen LogP contribution in [0.3, 0.4) is 0 Å². The topological polar surface area (TPSA) is 79.3 Å². The van der Waals surface area contributed by atoms with Crippen molar-refractivity contribution in [3.8, 4) is 0 Å². The van der Waals surface area contributed by atoms with Crippen LogP contribution in [-0.4, -0.2) is 22.0 Å². The minimum Gasteiger partial charge on any atom is -0.477 e. The van der Waals surface area contributed by atoms with Crippen LogP contribution in [0.15, 0.2) is 29.9 Å². The number of hydrogen-bond acceptors (Lipinski definition) is 4. The fraction of sp³-hybridized carbons (Fsp3) is 0.154. The molecule has 0 bridgehead atoms. The number of thiophene rings is 1. The number of nitrogens with one attached hydrogen (secondary N) is 1. The maximum absolute atomic E-state index is 11.9. The number of pyridine rings is 1. The van der Waals surface area contributed by atoms with Gasteiger partial charge in [0.15, 0.2) is 0 Å². The van der Waals surface area contributed by atoms with Gasteiger partial charge in [0.25, 0.3) is 0 Å². The van der Waals surface area contributed by atoms with Crippen LogP contribution < -0.4 is 5.32 Å². The Kier molecular flexibility index (Phi) is 3.91. The molecule has 5 nitrogen and oxygen atoms in total. The van der Waals surface area contributed by atoms with Gasteiger partial charge in [-0.2, -0.15) is 0 Å². The van der Waals surface area contributed by atoms with Crippen LogP contribution in [0.5, 0.6) is 0 Å². The smallest absolute Gasteiger partial charge is 0.348 e. The fourth-order valence-corrected chi connectivity index (χ4v) is 2.47. The summed E-state index contributed by atoms with van der Waals surface area (Å²) in [7, 11) is 0. The third-order valence-electron chi connectivity index (χ3n) is 2.52.